The number of rotatable bonds is 8. The Morgan fingerprint density at radius 3 is 2.55 bits per heavy atom. The summed E-state index contributed by atoms with van der Waals surface area (Å²) in [6.07, 6.45) is 1.81. The summed E-state index contributed by atoms with van der Waals surface area (Å²) in [7, 11) is 0. The first kappa shape index (κ1) is 16.5. The van der Waals surface area contributed by atoms with E-state index in [9.17, 15) is 4.79 Å². The Morgan fingerprint density at radius 1 is 1.25 bits per heavy atom. The van der Waals surface area contributed by atoms with Crippen molar-refractivity contribution in [3.63, 3.8) is 0 Å². The number of carbonyl (C=O) groups is 1. The van der Waals surface area contributed by atoms with Crippen LogP contribution in [-0.4, -0.2) is 37.1 Å². The quantitative estimate of drug-likeness (QED) is 0.587. The van der Waals surface area contributed by atoms with E-state index in [1.165, 1.54) is 0 Å². The molecule has 0 unspecified atom stereocenters. The largest absolute Gasteiger partial charge is 0.461 e. The number of benzene rings is 1. The SMILES string of the molecule is CCCc1cc(N)ccc1C(=O)OCCN(CC)CC. The van der Waals surface area contributed by atoms with Gasteiger partial charge in [-0.15, -0.1) is 0 Å². The van der Waals surface area contributed by atoms with E-state index >= 15 is 0 Å². The van der Waals surface area contributed by atoms with E-state index in [1.807, 2.05) is 6.07 Å². The van der Waals surface area contributed by atoms with E-state index in [2.05, 4.69) is 25.7 Å². The molecule has 0 aliphatic carbocycles. The standard InChI is InChI=1S/C16H26N2O2/c1-4-7-13-12-14(17)8-9-15(13)16(19)20-11-10-18(5-2)6-3/h8-9,12H,4-7,10-11,17H2,1-3H3. The van der Waals surface area contributed by atoms with Crippen LogP contribution in [0.15, 0.2) is 18.2 Å². The van der Waals surface area contributed by atoms with Gasteiger partial charge in [0, 0.05) is 12.2 Å². The van der Waals surface area contributed by atoms with Crippen LogP contribution in [0.25, 0.3) is 0 Å². The third kappa shape index (κ3) is 4.85. The van der Waals surface area contributed by atoms with Crippen molar-refractivity contribution in [3.8, 4) is 0 Å². The summed E-state index contributed by atoms with van der Waals surface area (Å²) in [5, 5.41) is 0. The van der Waals surface area contributed by atoms with Crippen LogP contribution in [0, 0.1) is 0 Å². The van der Waals surface area contributed by atoms with Crippen molar-refractivity contribution in [3.05, 3.63) is 29.3 Å². The van der Waals surface area contributed by atoms with Gasteiger partial charge in [-0.25, -0.2) is 4.79 Å². The summed E-state index contributed by atoms with van der Waals surface area (Å²) in [4.78, 5) is 14.4. The summed E-state index contributed by atoms with van der Waals surface area (Å²) in [6, 6.07) is 5.38. The summed E-state index contributed by atoms with van der Waals surface area (Å²) < 4.78 is 5.37. The number of esters is 1. The molecule has 0 aliphatic rings. The van der Waals surface area contributed by atoms with Gasteiger partial charge in [-0.3, -0.25) is 0 Å². The minimum absolute atomic E-state index is 0.249. The molecule has 0 saturated carbocycles. The number of carbonyl (C=O) groups excluding carboxylic acids is 1. The first-order valence-electron chi connectivity index (χ1n) is 7.40. The number of nitrogens with two attached hydrogens (primary N) is 1. The molecule has 0 radical (unpaired) electrons. The molecule has 0 spiro atoms. The number of ether oxygens (including phenoxy) is 1. The number of hydrogen-bond donors (Lipinski definition) is 1. The minimum atomic E-state index is -0.249. The van der Waals surface area contributed by atoms with Gasteiger partial charge in [0.2, 0.25) is 0 Å². The molecule has 2 N–H and O–H groups in total. The monoisotopic (exact) mass is 278 g/mol. The molecule has 4 heteroatoms. The molecule has 20 heavy (non-hydrogen) atoms. The highest BCUT2D eigenvalue weighted by Crippen LogP contribution is 2.16. The molecule has 0 fully saturated rings. The molecule has 0 amide bonds. The van der Waals surface area contributed by atoms with E-state index < -0.39 is 0 Å². The molecule has 112 valence electrons. The molecular weight excluding hydrogens is 252 g/mol. The normalized spacial score (nSPS) is 10.8. The zero-order valence-electron chi connectivity index (χ0n) is 12.8. The second-order valence-corrected chi connectivity index (χ2v) is 4.83. The van der Waals surface area contributed by atoms with Crippen molar-refractivity contribution < 1.29 is 9.53 Å². The maximum absolute atomic E-state index is 12.1. The molecule has 4 nitrogen and oxygen atoms in total. The Labute approximate surface area is 121 Å². The molecular formula is C16H26N2O2. The first-order chi connectivity index (χ1) is 9.62. The predicted octanol–water partition coefficient (Wildman–Crippen LogP) is 2.72. The fraction of sp³-hybridized carbons (Fsp3) is 0.562. The van der Waals surface area contributed by atoms with Crippen molar-refractivity contribution in [1.29, 1.82) is 0 Å². The predicted molar refractivity (Wildman–Crippen MR) is 82.9 cm³/mol. The lowest BCUT2D eigenvalue weighted by molar-refractivity contribution is 0.0465. The van der Waals surface area contributed by atoms with Crippen molar-refractivity contribution in [2.75, 3.05) is 32.0 Å². The van der Waals surface area contributed by atoms with E-state index in [0.717, 1.165) is 38.0 Å². The van der Waals surface area contributed by atoms with E-state index in [1.54, 1.807) is 12.1 Å². The molecule has 0 heterocycles. The summed E-state index contributed by atoms with van der Waals surface area (Å²) in [6.45, 7) is 9.43. The molecule has 1 aromatic carbocycles. The molecule has 0 aromatic heterocycles. The molecule has 0 aliphatic heterocycles. The van der Waals surface area contributed by atoms with Crippen LogP contribution in [0.5, 0.6) is 0 Å². The van der Waals surface area contributed by atoms with Gasteiger partial charge in [0.05, 0.1) is 5.56 Å². The van der Waals surface area contributed by atoms with E-state index in [4.69, 9.17) is 10.5 Å². The number of aryl methyl sites for hydroxylation is 1. The summed E-state index contributed by atoms with van der Waals surface area (Å²) in [5.41, 5.74) is 8.08. The average Bonchev–Trinajstić information content (AvgIpc) is 2.44. The van der Waals surface area contributed by atoms with Gasteiger partial charge in [0.1, 0.15) is 6.61 Å². The average molecular weight is 278 g/mol. The van der Waals surface area contributed by atoms with Crippen molar-refractivity contribution in [1.82, 2.24) is 4.90 Å². The number of anilines is 1. The molecule has 0 bridgehead atoms. The topological polar surface area (TPSA) is 55.6 Å². The third-order valence-corrected chi connectivity index (χ3v) is 3.40. The van der Waals surface area contributed by atoms with Gasteiger partial charge < -0.3 is 15.4 Å². The Hall–Kier alpha value is -1.55. The molecule has 1 aromatic rings. The van der Waals surface area contributed by atoms with Gasteiger partial charge in [-0.1, -0.05) is 27.2 Å². The number of nitrogens with zero attached hydrogens (tertiary/aromatic N) is 1. The van der Waals surface area contributed by atoms with Gasteiger partial charge in [0.15, 0.2) is 0 Å². The smallest absolute Gasteiger partial charge is 0.338 e. The van der Waals surface area contributed by atoms with Gasteiger partial charge in [-0.05, 0) is 43.3 Å². The van der Waals surface area contributed by atoms with Crippen LogP contribution in [0.2, 0.25) is 0 Å². The second-order valence-electron chi connectivity index (χ2n) is 4.83. The summed E-state index contributed by atoms with van der Waals surface area (Å²) in [5.74, 6) is -0.249. The van der Waals surface area contributed by atoms with Crippen LogP contribution in [0.3, 0.4) is 0 Å². The van der Waals surface area contributed by atoms with Crippen LogP contribution < -0.4 is 5.73 Å². The third-order valence-electron chi connectivity index (χ3n) is 3.40. The first-order valence-corrected chi connectivity index (χ1v) is 7.40. The van der Waals surface area contributed by atoms with E-state index in [-0.39, 0.29) is 5.97 Å². The minimum Gasteiger partial charge on any atom is -0.461 e. The van der Waals surface area contributed by atoms with Crippen molar-refractivity contribution >= 4 is 11.7 Å². The highest BCUT2D eigenvalue weighted by atomic mass is 16.5. The Kier molecular flexibility index (Phi) is 7.09. The number of nitrogen functional groups attached to an aromatic ring is 1. The highest BCUT2D eigenvalue weighted by molar-refractivity contribution is 5.91. The zero-order valence-corrected chi connectivity index (χ0v) is 12.8. The maximum Gasteiger partial charge on any atom is 0.338 e. The molecule has 0 atom stereocenters. The lowest BCUT2D eigenvalue weighted by Gasteiger charge is -2.18. The Morgan fingerprint density at radius 2 is 1.95 bits per heavy atom. The van der Waals surface area contributed by atoms with Crippen LogP contribution in [-0.2, 0) is 11.2 Å². The Bertz CT molecular complexity index is 428. The van der Waals surface area contributed by atoms with Gasteiger partial charge in [-0.2, -0.15) is 0 Å². The van der Waals surface area contributed by atoms with Crippen LogP contribution in [0.4, 0.5) is 5.69 Å². The Balaban J connectivity index is 2.63. The fourth-order valence-corrected chi connectivity index (χ4v) is 2.17. The molecule has 0 saturated heterocycles. The van der Waals surface area contributed by atoms with Gasteiger partial charge in [0.25, 0.3) is 0 Å². The zero-order chi connectivity index (χ0) is 15.0. The number of hydrogen-bond acceptors (Lipinski definition) is 4. The lowest BCUT2D eigenvalue weighted by Crippen LogP contribution is -2.28. The molecule has 1 rings (SSSR count). The fourth-order valence-electron chi connectivity index (χ4n) is 2.17. The summed E-state index contributed by atoms with van der Waals surface area (Å²) >= 11 is 0. The van der Waals surface area contributed by atoms with Crippen molar-refractivity contribution in [2.24, 2.45) is 0 Å². The van der Waals surface area contributed by atoms with E-state index in [0.29, 0.717) is 17.9 Å². The maximum atomic E-state index is 12.1. The van der Waals surface area contributed by atoms with Crippen LogP contribution in [0.1, 0.15) is 43.1 Å². The highest BCUT2D eigenvalue weighted by Gasteiger charge is 2.13. The van der Waals surface area contributed by atoms with Gasteiger partial charge >= 0.3 is 5.97 Å². The van der Waals surface area contributed by atoms with Crippen molar-refractivity contribution in [2.45, 2.75) is 33.6 Å². The van der Waals surface area contributed by atoms with Crippen LogP contribution >= 0.6 is 0 Å². The second kappa shape index (κ2) is 8.59. The lowest BCUT2D eigenvalue weighted by atomic mass is 10.0. The number of likely N-dealkylation sites (N-methyl/N-ethyl adjacent to an activating group) is 1.